The number of rotatable bonds is 4. The summed E-state index contributed by atoms with van der Waals surface area (Å²) >= 11 is 15.7. The first-order valence-corrected chi connectivity index (χ1v) is 8.74. The van der Waals surface area contributed by atoms with Crippen LogP contribution < -0.4 is 5.32 Å². The third-order valence-corrected chi connectivity index (χ3v) is 5.17. The number of hydrogen-bond acceptors (Lipinski definition) is 4. The van der Waals surface area contributed by atoms with Crippen LogP contribution in [0.5, 0.6) is 0 Å². The van der Waals surface area contributed by atoms with Crippen molar-refractivity contribution < 1.29 is 4.79 Å². The quantitative estimate of drug-likeness (QED) is 0.666. The second-order valence-corrected chi connectivity index (χ2v) is 6.90. The molecule has 0 saturated carbocycles. The fourth-order valence-corrected chi connectivity index (χ4v) is 3.35. The van der Waals surface area contributed by atoms with Crippen LogP contribution >= 0.6 is 39.1 Å². The van der Waals surface area contributed by atoms with Gasteiger partial charge in [-0.1, -0.05) is 29.3 Å². The molecule has 0 aliphatic carbocycles. The molecule has 130 valence electrons. The average molecular weight is 444 g/mol. The number of amides is 1. The Kier molecular flexibility index (Phi) is 5.12. The van der Waals surface area contributed by atoms with Gasteiger partial charge in [0.2, 0.25) is 5.95 Å². The molecule has 0 bridgehead atoms. The Morgan fingerprint density at radius 2 is 1.96 bits per heavy atom. The van der Waals surface area contributed by atoms with Gasteiger partial charge in [0.1, 0.15) is 12.0 Å². The minimum absolute atomic E-state index is 0.180. The molecule has 0 atom stereocenters. The minimum Gasteiger partial charge on any atom is -0.288 e. The summed E-state index contributed by atoms with van der Waals surface area (Å²) < 4.78 is 3.68. The molecule has 1 amide bonds. The van der Waals surface area contributed by atoms with Gasteiger partial charge in [0.25, 0.3) is 5.91 Å². The van der Waals surface area contributed by atoms with Gasteiger partial charge in [-0.05, 0) is 35.0 Å². The van der Waals surface area contributed by atoms with Crippen LogP contribution in [0, 0.1) is 6.92 Å². The third kappa shape index (κ3) is 3.70. The van der Waals surface area contributed by atoms with Gasteiger partial charge in [-0.2, -0.15) is 5.10 Å². The van der Waals surface area contributed by atoms with E-state index in [1.54, 1.807) is 36.9 Å². The summed E-state index contributed by atoms with van der Waals surface area (Å²) in [6.07, 6.45) is 1.50. The lowest BCUT2D eigenvalue weighted by atomic mass is 10.2. The molecule has 0 aliphatic rings. The van der Waals surface area contributed by atoms with Crippen LogP contribution in [-0.2, 0) is 13.6 Å². The summed E-state index contributed by atoms with van der Waals surface area (Å²) in [6.45, 7) is 2.15. The second kappa shape index (κ2) is 7.15. The van der Waals surface area contributed by atoms with Gasteiger partial charge in [0.05, 0.1) is 16.7 Å². The van der Waals surface area contributed by atoms with Gasteiger partial charge in [-0.15, -0.1) is 5.10 Å². The van der Waals surface area contributed by atoms with Crippen LogP contribution in [0.25, 0.3) is 0 Å². The van der Waals surface area contributed by atoms with E-state index in [-0.39, 0.29) is 11.9 Å². The van der Waals surface area contributed by atoms with Gasteiger partial charge < -0.3 is 0 Å². The largest absolute Gasteiger partial charge is 0.288 e. The lowest BCUT2D eigenvalue weighted by Crippen LogP contribution is -2.17. The van der Waals surface area contributed by atoms with E-state index in [9.17, 15) is 4.79 Å². The normalized spacial score (nSPS) is 10.9. The highest BCUT2D eigenvalue weighted by molar-refractivity contribution is 9.10. The van der Waals surface area contributed by atoms with Crippen molar-refractivity contribution in [1.29, 1.82) is 0 Å². The molecule has 0 radical (unpaired) electrons. The number of benzene rings is 1. The summed E-state index contributed by atoms with van der Waals surface area (Å²) in [7, 11) is 1.69. The lowest BCUT2D eigenvalue weighted by Gasteiger charge is -2.06. The first kappa shape index (κ1) is 17.9. The smallest absolute Gasteiger partial charge is 0.277 e. The van der Waals surface area contributed by atoms with Gasteiger partial charge in [0.15, 0.2) is 0 Å². The maximum absolute atomic E-state index is 12.4. The van der Waals surface area contributed by atoms with Crippen LogP contribution in [0.3, 0.4) is 0 Å². The molecule has 1 N–H and O–H groups in total. The molecule has 10 heteroatoms. The topological polar surface area (TPSA) is 77.6 Å². The molecule has 0 unspecified atom stereocenters. The lowest BCUT2D eigenvalue weighted by molar-refractivity contribution is 0.101. The molecule has 0 spiro atoms. The molecule has 7 nitrogen and oxygen atoms in total. The van der Waals surface area contributed by atoms with E-state index < -0.39 is 0 Å². The van der Waals surface area contributed by atoms with Gasteiger partial charge in [-0.25, -0.2) is 9.67 Å². The Morgan fingerprint density at radius 3 is 2.56 bits per heavy atom. The number of nitrogens with zero attached hydrogens (tertiary/aromatic N) is 5. The third-order valence-electron chi connectivity index (χ3n) is 3.51. The SMILES string of the molecule is Cc1nn(C)c(C(=O)Nc2ncn(Cc3c(Cl)cccc3Cl)n2)c1Br. The van der Waals surface area contributed by atoms with Crippen LogP contribution in [0.15, 0.2) is 29.0 Å². The molecule has 2 aromatic heterocycles. The van der Waals surface area contributed by atoms with E-state index in [4.69, 9.17) is 23.2 Å². The highest BCUT2D eigenvalue weighted by Gasteiger charge is 2.19. The maximum atomic E-state index is 12.4. The van der Waals surface area contributed by atoms with Crippen molar-refractivity contribution in [2.24, 2.45) is 7.05 Å². The van der Waals surface area contributed by atoms with Crippen molar-refractivity contribution >= 4 is 51.0 Å². The number of carbonyl (C=O) groups excluding carboxylic acids is 1. The average Bonchev–Trinajstić information content (AvgIpc) is 3.08. The zero-order chi connectivity index (χ0) is 18.1. The molecular formula is C15H13BrCl2N6O. The number of nitrogens with one attached hydrogen (secondary N) is 1. The highest BCUT2D eigenvalue weighted by Crippen LogP contribution is 2.25. The molecule has 1 aromatic carbocycles. The molecule has 3 rings (SSSR count). The van der Waals surface area contributed by atoms with E-state index in [0.717, 1.165) is 11.3 Å². The molecule has 0 aliphatic heterocycles. The van der Waals surface area contributed by atoms with Crippen LogP contribution in [0.2, 0.25) is 10.0 Å². The Morgan fingerprint density at radius 1 is 1.28 bits per heavy atom. The van der Waals surface area contributed by atoms with Crippen LogP contribution in [0.1, 0.15) is 21.7 Å². The fourth-order valence-electron chi connectivity index (χ4n) is 2.31. The number of aryl methyl sites for hydroxylation is 2. The predicted molar refractivity (Wildman–Crippen MR) is 99.2 cm³/mol. The highest BCUT2D eigenvalue weighted by atomic mass is 79.9. The maximum Gasteiger partial charge on any atom is 0.277 e. The Labute approximate surface area is 162 Å². The number of aromatic nitrogens is 5. The predicted octanol–water partition coefficient (Wildman–Crippen LogP) is 3.69. The van der Waals surface area contributed by atoms with E-state index in [1.165, 1.54) is 11.0 Å². The van der Waals surface area contributed by atoms with E-state index in [2.05, 4.69) is 36.4 Å². The summed E-state index contributed by atoms with van der Waals surface area (Å²) in [5.74, 6) is -0.178. The molecule has 3 aromatic rings. The number of hydrogen-bond donors (Lipinski definition) is 1. The summed E-state index contributed by atoms with van der Waals surface area (Å²) in [4.78, 5) is 16.5. The zero-order valence-corrected chi connectivity index (χ0v) is 16.4. The fraction of sp³-hybridized carbons (Fsp3) is 0.200. The van der Waals surface area contributed by atoms with Crippen molar-refractivity contribution in [3.05, 3.63) is 56.0 Å². The van der Waals surface area contributed by atoms with Crippen molar-refractivity contribution in [1.82, 2.24) is 24.5 Å². The van der Waals surface area contributed by atoms with Gasteiger partial charge >= 0.3 is 0 Å². The van der Waals surface area contributed by atoms with Crippen molar-refractivity contribution in [2.45, 2.75) is 13.5 Å². The Balaban J connectivity index is 1.77. The van der Waals surface area contributed by atoms with E-state index in [1.807, 2.05) is 0 Å². The molecule has 2 heterocycles. The molecular weight excluding hydrogens is 431 g/mol. The van der Waals surface area contributed by atoms with Crippen LogP contribution in [-0.4, -0.2) is 30.5 Å². The second-order valence-electron chi connectivity index (χ2n) is 5.29. The summed E-state index contributed by atoms with van der Waals surface area (Å²) in [5, 5.41) is 12.2. The molecule has 0 saturated heterocycles. The number of carbonyl (C=O) groups is 1. The zero-order valence-electron chi connectivity index (χ0n) is 13.3. The first-order chi connectivity index (χ1) is 11.9. The molecule has 0 fully saturated rings. The standard InChI is InChI=1S/C15H13BrCl2N6O/c1-8-12(16)13(23(2)21-8)14(25)20-15-19-7-24(22-15)6-9-10(17)4-3-5-11(9)18/h3-5,7H,6H2,1-2H3,(H,20,22,25). The van der Waals surface area contributed by atoms with Gasteiger partial charge in [0, 0.05) is 22.7 Å². The first-order valence-electron chi connectivity index (χ1n) is 7.19. The van der Waals surface area contributed by atoms with Crippen LogP contribution in [0.4, 0.5) is 5.95 Å². The van der Waals surface area contributed by atoms with E-state index in [0.29, 0.717) is 26.8 Å². The van der Waals surface area contributed by atoms with Gasteiger partial charge in [-0.3, -0.25) is 14.8 Å². The summed E-state index contributed by atoms with van der Waals surface area (Å²) in [5.41, 5.74) is 1.85. The van der Waals surface area contributed by atoms with Crippen molar-refractivity contribution in [3.63, 3.8) is 0 Å². The monoisotopic (exact) mass is 442 g/mol. The Bertz CT molecular complexity index is 931. The minimum atomic E-state index is -0.358. The number of anilines is 1. The summed E-state index contributed by atoms with van der Waals surface area (Å²) in [6, 6.07) is 5.28. The van der Waals surface area contributed by atoms with E-state index >= 15 is 0 Å². The molecule has 25 heavy (non-hydrogen) atoms. The Hall–Kier alpha value is -1.90. The van der Waals surface area contributed by atoms with Crippen molar-refractivity contribution in [2.75, 3.05) is 5.32 Å². The van der Waals surface area contributed by atoms with Crippen molar-refractivity contribution in [3.8, 4) is 0 Å². The number of halogens is 3.